The summed E-state index contributed by atoms with van der Waals surface area (Å²) < 4.78 is 5.39. The van der Waals surface area contributed by atoms with Crippen LogP contribution in [-0.2, 0) is 14.3 Å². The molecule has 0 saturated heterocycles. The third kappa shape index (κ3) is 3.48. The fourth-order valence-corrected chi connectivity index (χ4v) is 4.20. The van der Waals surface area contributed by atoms with E-state index in [9.17, 15) is 14.7 Å². The Morgan fingerprint density at radius 3 is 2.52 bits per heavy atom. The van der Waals surface area contributed by atoms with Crippen LogP contribution in [0.15, 0.2) is 12.2 Å². The molecule has 0 aliphatic heterocycles. The van der Waals surface area contributed by atoms with Gasteiger partial charge >= 0.3 is 74.9 Å². The number of allylic oxidation sites excluding steroid dienone is 1. The molecule has 112 valence electrons. The zero-order valence-electron chi connectivity index (χ0n) is 13.5. The van der Waals surface area contributed by atoms with Gasteiger partial charge in [0.25, 0.3) is 0 Å². The molecule has 5 heteroatoms. The van der Waals surface area contributed by atoms with Gasteiger partial charge in [-0.15, -0.1) is 0 Å². The maximum absolute atomic E-state index is 11.5. The summed E-state index contributed by atoms with van der Waals surface area (Å²) in [4.78, 5) is 22.2. The van der Waals surface area contributed by atoms with Crippen LogP contribution in [0.4, 0.5) is 0 Å². The first kappa shape index (κ1) is 19.8. The Morgan fingerprint density at radius 2 is 1.95 bits per heavy atom. The van der Waals surface area contributed by atoms with Crippen molar-refractivity contribution in [3.05, 3.63) is 12.2 Å². The third-order valence-electron chi connectivity index (χ3n) is 5.79. The Hall–Kier alpha value is 0.732. The number of carboxylic acid groups (broad SMARTS) is 1. The van der Waals surface area contributed by atoms with Gasteiger partial charge in [-0.2, -0.15) is 0 Å². The normalized spacial score (nSPS) is 38.9. The Kier molecular flexibility index (Phi) is 6.68. The molecule has 21 heavy (non-hydrogen) atoms. The summed E-state index contributed by atoms with van der Waals surface area (Å²) >= 11 is 0. The van der Waals surface area contributed by atoms with Crippen molar-refractivity contribution in [1.82, 2.24) is 0 Å². The minimum Gasteiger partial charge on any atom is -0.539 e. The molecule has 2 aliphatic carbocycles. The zero-order chi connectivity index (χ0) is 15.1. The number of fused-ring (bicyclic) bond motifs is 1. The van der Waals surface area contributed by atoms with Crippen LogP contribution in [0.25, 0.3) is 0 Å². The van der Waals surface area contributed by atoms with E-state index in [1.54, 1.807) is 0 Å². The van der Waals surface area contributed by atoms with Gasteiger partial charge in [-0.25, -0.2) is 4.79 Å². The first-order chi connectivity index (χ1) is 9.21. The Bertz CT molecular complexity index is 461. The topological polar surface area (TPSA) is 66.4 Å². The fourth-order valence-electron chi connectivity index (χ4n) is 4.20. The van der Waals surface area contributed by atoms with E-state index in [4.69, 9.17) is 4.74 Å². The van der Waals surface area contributed by atoms with Crippen LogP contribution < -0.4 is 74.0 Å². The summed E-state index contributed by atoms with van der Waals surface area (Å²) in [6, 6.07) is 0. The van der Waals surface area contributed by atoms with Crippen LogP contribution in [-0.4, -0.2) is 17.5 Å². The second-order valence-electron chi connectivity index (χ2n) is 6.77. The van der Waals surface area contributed by atoms with Crippen molar-refractivity contribution in [1.29, 1.82) is 0 Å². The van der Waals surface area contributed by atoms with Crippen molar-refractivity contribution < 1.29 is 88.3 Å². The van der Waals surface area contributed by atoms with Gasteiger partial charge < -0.3 is 14.6 Å². The van der Waals surface area contributed by atoms with Crippen LogP contribution >= 0.6 is 0 Å². The van der Waals surface area contributed by atoms with Crippen molar-refractivity contribution in [2.45, 2.75) is 58.5 Å². The molecule has 0 radical (unpaired) electrons. The van der Waals surface area contributed by atoms with E-state index in [0.29, 0.717) is 0 Å². The predicted molar refractivity (Wildman–Crippen MR) is 72.5 cm³/mol. The maximum atomic E-state index is 11.5. The van der Waals surface area contributed by atoms with E-state index in [-0.39, 0.29) is 86.1 Å². The number of rotatable bonds is 1. The van der Waals surface area contributed by atoms with Gasteiger partial charge in [0.05, 0.1) is 0 Å². The van der Waals surface area contributed by atoms with Gasteiger partial charge in [-0.05, 0) is 50.4 Å². The molecule has 2 fully saturated rings. The summed E-state index contributed by atoms with van der Waals surface area (Å²) in [5.41, 5.74) is 0.385. The summed E-state index contributed by atoms with van der Waals surface area (Å²) in [5, 5.41) is 10.7. The van der Waals surface area contributed by atoms with Gasteiger partial charge in [0.1, 0.15) is 5.60 Å². The van der Waals surface area contributed by atoms with Crippen molar-refractivity contribution in [3.63, 3.8) is 0 Å². The molecule has 0 aromatic carbocycles. The van der Waals surface area contributed by atoms with Gasteiger partial charge in [0, 0.05) is 5.92 Å². The number of carbonyl (C=O) groups is 2. The van der Waals surface area contributed by atoms with E-state index in [2.05, 4.69) is 13.5 Å². The quantitative estimate of drug-likeness (QED) is 0.310. The Labute approximate surface area is 185 Å². The molecule has 0 spiro atoms. The molecule has 0 aromatic heterocycles. The number of hydrogen-bond acceptors (Lipinski definition) is 4. The standard InChI is InChI=1S/C16H24O4.Cs/c1-10-6-5-7-12-15(10,3)9-8-11(2)16(12,4)20-14(19)13(17)18;/h11-12H,1,5-9H2,2-4H3,(H,17,18);/q;+1/p-1/t11-,12+,15+,16-;/m1./s1. The smallest absolute Gasteiger partial charge is 0.539 e. The molecule has 0 heterocycles. The molecular formula is C16H23CsO4. The number of hydrogen-bond donors (Lipinski definition) is 0. The second-order valence-corrected chi connectivity index (χ2v) is 6.77. The van der Waals surface area contributed by atoms with E-state index >= 15 is 0 Å². The largest absolute Gasteiger partial charge is 1.00 e. The summed E-state index contributed by atoms with van der Waals surface area (Å²) in [6.45, 7) is 10.3. The number of carbonyl (C=O) groups excluding carboxylic acids is 2. The van der Waals surface area contributed by atoms with Gasteiger partial charge in [0.15, 0.2) is 5.97 Å². The van der Waals surface area contributed by atoms with Crippen LogP contribution in [0.5, 0.6) is 0 Å². The van der Waals surface area contributed by atoms with Crippen LogP contribution in [0.1, 0.15) is 52.9 Å². The van der Waals surface area contributed by atoms with Crippen LogP contribution in [0.2, 0.25) is 0 Å². The number of carboxylic acids is 1. The van der Waals surface area contributed by atoms with E-state index in [1.165, 1.54) is 5.57 Å². The fraction of sp³-hybridized carbons (Fsp3) is 0.750. The van der Waals surface area contributed by atoms with Gasteiger partial charge in [0.2, 0.25) is 0 Å². The Morgan fingerprint density at radius 1 is 1.33 bits per heavy atom. The SMILES string of the molecule is C=C1CCC[C@@H]2[C@](C)(OC(=O)C(=O)[O-])[C@H](C)CC[C@@]12C.[Cs+]. The number of esters is 1. The molecular weight excluding hydrogens is 389 g/mol. The molecule has 0 unspecified atom stereocenters. The molecule has 2 aliphatic rings. The molecule has 2 saturated carbocycles. The number of aliphatic carboxylic acids is 1. The number of ether oxygens (including phenoxy) is 1. The van der Waals surface area contributed by atoms with E-state index < -0.39 is 17.5 Å². The average molecular weight is 412 g/mol. The minimum absolute atomic E-state index is 0. The Balaban J connectivity index is 0.00000220. The van der Waals surface area contributed by atoms with Crippen molar-refractivity contribution in [3.8, 4) is 0 Å². The molecule has 0 N–H and O–H groups in total. The zero-order valence-corrected chi connectivity index (χ0v) is 19.8. The summed E-state index contributed by atoms with van der Waals surface area (Å²) in [5.74, 6) is -2.75. The van der Waals surface area contributed by atoms with Gasteiger partial charge in [-0.3, -0.25) is 0 Å². The first-order valence-electron chi connectivity index (χ1n) is 7.34. The first-order valence-corrected chi connectivity index (χ1v) is 7.34. The average Bonchev–Trinajstić information content (AvgIpc) is 2.37. The minimum atomic E-state index is -1.76. The van der Waals surface area contributed by atoms with Crippen molar-refractivity contribution in [2.75, 3.05) is 0 Å². The molecule has 0 amide bonds. The van der Waals surface area contributed by atoms with Crippen molar-refractivity contribution in [2.24, 2.45) is 17.3 Å². The molecule has 4 atom stereocenters. The van der Waals surface area contributed by atoms with Crippen LogP contribution in [0, 0.1) is 17.3 Å². The molecule has 0 aromatic rings. The van der Waals surface area contributed by atoms with Crippen molar-refractivity contribution >= 4 is 11.9 Å². The molecule has 2 rings (SSSR count). The predicted octanol–water partition coefficient (Wildman–Crippen LogP) is -1.17. The maximum Gasteiger partial charge on any atom is 1.00 e. The summed E-state index contributed by atoms with van der Waals surface area (Å²) in [7, 11) is 0. The molecule has 4 nitrogen and oxygen atoms in total. The molecule has 0 bridgehead atoms. The summed E-state index contributed by atoms with van der Waals surface area (Å²) in [6.07, 6.45) is 4.89. The third-order valence-corrected chi connectivity index (χ3v) is 5.79. The van der Waals surface area contributed by atoms with E-state index in [1.807, 2.05) is 13.8 Å². The second kappa shape index (κ2) is 7.09. The van der Waals surface area contributed by atoms with E-state index in [0.717, 1.165) is 32.1 Å². The van der Waals surface area contributed by atoms with Crippen LogP contribution in [0.3, 0.4) is 0 Å². The monoisotopic (exact) mass is 412 g/mol. The van der Waals surface area contributed by atoms with Gasteiger partial charge in [-0.1, -0.05) is 26.0 Å².